The normalized spacial score (nSPS) is 10.0. The van der Waals surface area contributed by atoms with Crippen LogP contribution in [-0.2, 0) is 16.0 Å². The number of aromatic nitrogens is 2. The van der Waals surface area contributed by atoms with Crippen LogP contribution >= 0.6 is 11.8 Å². The van der Waals surface area contributed by atoms with Crippen LogP contribution in [0.1, 0.15) is 16.2 Å². The molecular weight excluding hydrogens is 258 g/mol. The van der Waals surface area contributed by atoms with E-state index in [-0.39, 0.29) is 28.6 Å². The summed E-state index contributed by atoms with van der Waals surface area (Å²) in [7, 11) is 0. The van der Waals surface area contributed by atoms with Gasteiger partial charge in [-0.1, -0.05) is 11.8 Å². The summed E-state index contributed by atoms with van der Waals surface area (Å²) >= 11 is 0.946. The lowest BCUT2D eigenvalue weighted by Gasteiger charge is -2.05. The minimum Gasteiger partial charge on any atom is -0.369 e. The first kappa shape index (κ1) is 13.9. The molecule has 0 spiro atoms. The van der Waals surface area contributed by atoms with Gasteiger partial charge in [-0.05, 0) is 0 Å². The summed E-state index contributed by atoms with van der Waals surface area (Å²) in [5.41, 5.74) is 15.2. The summed E-state index contributed by atoms with van der Waals surface area (Å²) < 4.78 is 0. The van der Waals surface area contributed by atoms with Gasteiger partial charge in [0.15, 0.2) is 0 Å². The van der Waals surface area contributed by atoms with Gasteiger partial charge in [-0.2, -0.15) is 0 Å². The first-order valence-corrected chi connectivity index (χ1v) is 5.74. The van der Waals surface area contributed by atoms with E-state index in [9.17, 15) is 14.4 Å². The lowest BCUT2D eigenvalue weighted by molar-refractivity contribution is -0.117. The third-order valence-corrected chi connectivity index (χ3v) is 2.77. The Balaban J connectivity index is 3.03. The molecule has 0 radical (unpaired) electrons. The van der Waals surface area contributed by atoms with Gasteiger partial charge in [-0.25, -0.2) is 9.97 Å². The fourth-order valence-electron chi connectivity index (χ4n) is 1.06. The van der Waals surface area contributed by atoms with E-state index in [4.69, 9.17) is 17.2 Å². The maximum absolute atomic E-state index is 11.1. The minimum absolute atomic E-state index is 0.0622. The first-order chi connectivity index (χ1) is 8.40. The van der Waals surface area contributed by atoms with Crippen LogP contribution in [0.2, 0.25) is 0 Å². The Kier molecular flexibility index (Phi) is 4.60. The summed E-state index contributed by atoms with van der Waals surface area (Å²) in [6.07, 6.45) is 1.03. The molecule has 1 aromatic heterocycles. The zero-order chi connectivity index (χ0) is 13.7. The van der Waals surface area contributed by atoms with Gasteiger partial charge in [0.05, 0.1) is 17.7 Å². The number of nitrogens with zero attached hydrogens (tertiary/aromatic N) is 2. The average molecular weight is 269 g/mol. The fourth-order valence-corrected chi connectivity index (χ4v) is 1.82. The smallest absolute Gasteiger partial charge is 0.253 e. The summed E-state index contributed by atoms with van der Waals surface area (Å²) in [5.74, 6) is -1.81. The molecule has 0 saturated heterocycles. The largest absolute Gasteiger partial charge is 0.369 e. The SMILES string of the molecule is NC(=O)CSc1nc(CC(N)=O)ncc1C(N)=O. The van der Waals surface area contributed by atoms with E-state index >= 15 is 0 Å². The summed E-state index contributed by atoms with van der Waals surface area (Å²) in [5, 5.41) is 0.201. The van der Waals surface area contributed by atoms with Gasteiger partial charge in [-0.15, -0.1) is 0 Å². The fraction of sp³-hybridized carbons (Fsp3) is 0.222. The van der Waals surface area contributed by atoms with E-state index < -0.39 is 17.7 Å². The standard InChI is InChI=1S/C9H11N5O3S/c10-5(15)1-7-13-2-4(8(12)17)9(14-7)18-3-6(11)16/h2H,1,3H2,(H2,10,15)(H2,11,16)(H2,12,17). The van der Waals surface area contributed by atoms with Crippen molar-refractivity contribution in [2.75, 3.05) is 5.75 Å². The molecule has 8 nitrogen and oxygen atoms in total. The van der Waals surface area contributed by atoms with Crippen molar-refractivity contribution >= 4 is 29.5 Å². The molecule has 0 atom stereocenters. The highest BCUT2D eigenvalue weighted by Gasteiger charge is 2.14. The van der Waals surface area contributed by atoms with Crippen LogP contribution < -0.4 is 17.2 Å². The molecule has 0 bridgehead atoms. The van der Waals surface area contributed by atoms with E-state index in [1.165, 1.54) is 6.20 Å². The molecule has 0 aliphatic heterocycles. The van der Waals surface area contributed by atoms with Crippen molar-refractivity contribution in [3.8, 4) is 0 Å². The van der Waals surface area contributed by atoms with Crippen LogP contribution in [0.5, 0.6) is 0 Å². The zero-order valence-corrected chi connectivity index (χ0v) is 10.1. The van der Waals surface area contributed by atoms with Crippen LogP contribution in [0.3, 0.4) is 0 Å². The predicted molar refractivity (Wildman–Crippen MR) is 63.4 cm³/mol. The topological polar surface area (TPSA) is 155 Å². The highest BCUT2D eigenvalue weighted by atomic mass is 32.2. The number of carbonyl (C=O) groups is 3. The summed E-state index contributed by atoms with van der Waals surface area (Å²) in [6.45, 7) is 0. The molecule has 0 unspecified atom stereocenters. The second-order valence-electron chi connectivity index (χ2n) is 3.27. The summed E-state index contributed by atoms with van der Waals surface area (Å²) in [6, 6.07) is 0. The minimum atomic E-state index is -0.729. The first-order valence-electron chi connectivity index (χ1n) is 4.75. The van der Waals surface area contributed by atoms with Crippen LogP contribution in [0.4, 0.5) is 0 Å². The second kappa shape index (κ2) is 5.96. The maximum Gasteiger partial charge on any atom is 0.253 e. The lowest BCUT2D eigenvalue weighted by Crippen LogP contribution is -2.19. The molecule has 0 aliphatic carbocycles. The van der Waals surface area contributed by atoms with Gasteiger partial charge in [0.25, 0.3) is 5.91 Å². The van der Waals surface area contributed by atoms with Gasteiger partial charge >= 0.3 is 0 Å². The van der Waals surface area contributed by atoms with Gasteiger partial charge in [0.2, 0.25) is 11.8 Å². The Bertz CT molecular complexity index is 505. The highest BCUT2D eigenvalue weighted by Crippen LogP contribution is 2.19. The Morgan fingerprint density at radius 1 is 1.17 bits per heavy atom. The maximum atomic E-state index is 11.1. The van der Waals surface area contributed by atoms with E-state index in [0.29, 0.717) is 0 Å². The molecule has 1 heterocycles. The molecule has 0 saturated carbocycles. The number of nitrogens with two attached hydrogens (primary N) is 3. The van der Waals surface area contributed by atoms with Crippen LogP contribution in [0.25, 0.3) is 0 Å². The molecule has 1 rings (SSSR count). The van der Waals surface area contributed by atoms with Crippen molar-refractivity contribution in [1.82, 2.24) is 9.97 Å². The monoisotopic (exact) mass is 269 g/mol. The number of amides is 3. The molecule has 6 N–H and O–H groups in total. The van der Waals surface area contributed by atoms with Crippen molar-refractivity contribution in [2.24, 2.45) is 17.2 Å². The predicted octanol–water partition coefficient (Wildman–Crippen LogP) is -1.82. The van der Waals surface area contributed by atoms with Crippen molar-refractivity contribution in [2.45, 2.75) is 11.4 Å². The molecule has 0 fully saturated rings. The van der Waals surface area contributed by atoms with Crippen LogP contribution in [0.15, 0.2) is 11.2 Å². The van der Waals surface area contributed by atoms with E-state index in [1.807, 2.05) is 0 Å². The van der Waals surface area contributed by atoms with Crippen molar-refractivity contribution in [1.29, 1.82) is 0 Å². The van der Waals surface area contributed by atoms with Gasteiger partial charge in [-0.3, -0.25) is 14.4 Å². The van der Waals surface area contributed by atoms with E-state index in [2.05, 4.69) is 9.97 Å². The van der Waals surface area contributed by atoms with Gasteiger partial charge < -0.3 is 17.2 Å². The number of carbonyl (C=O) groups excluding carboxylic acids is 3. The number of thioether (sulfide) groups is 1. The van der Waals surface area contributed by atoms with Crippen molar-refractivity contribution in [3.05, 3.63) is 17.6 Å². The molecule has 1 aromatic rings. The summed E-state index contributed by atoms with van der Waals surface area (Å²) in [4.78, 5) is 40.3. The highest BCUT2D eigenvalue weighted by molar-refractivity contribution is 8.00. The van der Waals surface area contributed by atoms with Gasteiger partial charge in [0, 0.05) is 6.20 Å². The Morgan fingerprint density at radius 2 is 1.83 bits per heavy atom. The molecule has 18 heavy (non-hydrogen) atoms. The average Bonchev–Trinajstić information content (AvgIpc) is 2.25. The molecule has 0 aromatic carbocycles. The van der Waals surface area contributed by atoms with Gasteiger partial charge in [0.1, 0.15) is 10.9 Å². The van der Waals surface area contributed by atoms with E-state index in [0.717, 1.165) is 11.8 Å². The molecular formula is C9H11N5O3S. The number of rotatable bonds is 6. The third kappa shape index (κ3) is 4.01. The molecule has 0 aliphatic rings. The van der Waals surface area contributed by atoms with E-state index in [1.54, 1.807) is 0 Å². The number of primary amides is 3. The quantitative estimate of drug-likeness (QED) is 0.408. The van der Waals surface area contributed by atoms with Crippen molar-refractivity contribution < 1.29 is 14.4 Å². The Labute approximate surface area is 106 Å². The van der Waals surface area contributed by atoms with Crippen LogP contribution in [-0.4, -0.2) is 33.4 Å². The van der Waals surface area contributed by atoms with Crippen LogP contribution in [0, 0.1) is 0 Å². The zero-order valence-electron chi connectivity index (χ0n) is 9.25. The Morgan fingerprint density at radius 3 is 2.33 bits per heavy atom. The lowest BCUT2D eigenvalue weighted by atomic mass is 10.3. The third-order valence-electron chi connectivity index (χ3n) is 1.75. The second-order valence-corrected chi connectivity index (χ2v) is 4.23. The number of hydrogen-bond donors (Lipinski definition) is 3. The Hall–Kier alpha value is -2.16. The van der Waals surface area contributed by atoms with Crippen molar-refractivity contribution in [3.63, 3.8) is 0 Å². The molecule has 3 amide bonds. The number of hydrogen-bond acceptors (Lipinski definition) is 6. The molecule has 96 valence electrons. The molecule has 9 heteroatoms.